The predicted molar refractivity (Wildman–Crippen MR) is 74.8 cm³/mol. The monoisotopic (exact) mass is 250 g/mol. The topological polar surface area (TPSA) is 28.4 Å². The Hall–Kier alpha value is -0.800. The second kappa shape index (κ2) is 5.89. The summed E-state index contributed by atoms with van der Waals surface area (Å²) in [5.74, 6) is 2.91. The minimum absolute atomic E-state index is 0.481. The normalized spacial score (nSPS) is 22.6. The molecule has 18 heavy (non-hydrogen) atoms. The van der Waals surface area contributed by atoms with Gasteiger partial charge in [-0.1, -0.05) is 6.92 Å². The summed E-state index contributed by atoms with van der Waals surface area (Å²) in [6, 6.07) is 2.67. The largest absolute Gasteiger partial charge is 0.466 e. The molecule has 102 valence electrons. The van der Waals surface area contributed by atoms with Crippen molar-refractivity contribution < 1.29 is 4.42 Å². The standard InChI is InChI=1S/C15H26N2O/c1-5-16-9-14-6-7-17(10-14)12(3)15-8-11(2)18-13(15)4/h8,12,14,16H,5-7,9-10H2,1-4H3. The van der Waals surface area contributed by atoms with Gasteiger partial charge in [-0.25, -0.2) is 0 Å². The van der Waals surface area contributed by atoms with Gasteiger partial charge < -0.3 is 9.73 Å². The van der Waals surface area contributed by atoms with E-state index in [1.165, 1.54) is 25.1 Å². The molecule has 2 rings (SSSR count). The summed E-state index contributed by atoms with van der Waals surface area (Å²) in [6.45, 7) is 13.2. The fourth-order valence-electron chi connectivity index (χ4n) is 2.99. The molecule has 1 aliphatic rings. The highest BCUT2D eigenvalue weighted by Gasteiger charge is 2.27. The van der Waals surface area contributed by atoms with Gasteiger partial charge in [0.15, 0.2) is 0 Å². The van der Waals surface area contributed by atoms with Crippen molar-refractivity contribution >= 4 is 0 Å². The number of rotatable bonds is 5. The molecule has 1 aromatic heterocycles. The van der Waals surface area contributed by atoms with E-state index < -0.39 is 0 Å². The number of furan rings is 1. The molecule has 1 aliphatic heterocycles. The van der Waals surface area contributed by atoms with Gasteiger partial charge in [-0.2, -0.15) is 0 Å². The minimum atomic E-state index is 0.481. The lowest BCUT2D eigenvalue weighted by atomic mass is 10.1. The molecule has 3 heteroatoms. The Morgan fingerprint density at radius 1 is 1.50 bits per heavy atom. The first kappa shape index (κ1) is 13.6. The van der Waals surface area contributed by atoms with Crippen LogP contribution in [0.1, 0.15) is 43.4 Å². The Morgan fingerprint density at radius 3 is 2.89 bits per heavy atom. The second-order valence-electron chi connectivity index (χ2n) is 5.50. The van der Waals surface area contributed by atoms with Crippen molar-refractivity contribution in [3.63, 3.8) is 0 Å². The molecule has 1 fully saturated rings. The SMILES string of the molecule is CCNCC1CCN(C(C)c2cc(C)oc2C)C1. The molecule has 0 amide bonds. The Bertz CT molecular complexity index is 386. The van der Waals surface area contributed by atoms with E-state index in [9.17, 15) is 0 Å². The summed E-state index contributed by atoms with van der Waals surface area (Å²) in [7, 11) is 0. The van der Waals surface area contributed by atoms with E-state index in [-0.39, 0.29) is 0 Å². The second-order valence-corrected chi connectivity index (χ2v) is 5.50. The molecule has 1 aromatic rings. The van der Waals surface area contributed by atoms with Crippen LogP contribution >= 0.6 is 0 Å². The number of hydrogen-bond donors (Lipinski definition) is 1. The lowest BCUT2D eigenvalue weighted by Crippen LogP contribution is -2.28. The third kappa shape index (κ3) is 2.96. The first-order valence-electron chi connectivity index (χ1n) is 7.13. The van der Waals surface area contributed by atoms with E-state index in [4.69, 9.17) is 4.42 Å². The van der Waals surface area contributed by atoms with Crippen LogP contribution in [0, 0.1) is 19.8 Å². The highest BCUT2D eigenvalue weighted by Crippen LogP contribution is 2.30. The number of nitrogens with one attached hydrogen (secondary N) is 1. The van der Waals surface area contributed by atoms with E-state index in [0.29, 0.717) is 6.04 Å². The summed E-state index contributed by atoms with van der Waals surface area (Å²) >= 11 is 0. The molecule has 3 nitrogen and oxygen atoms in total. The molecule has 0 aliphatic carbocycles. The minimum Gasteiger partial charge on any atom is -0.466 e. The van der Waals surface area contributed by atoms with Crippen LogP contribution in [0.4, 0.5) is 0 Å². The van der Waals surface area contributed by atoms with Gasteiger partial charge in [0.1, 0.15) is 11.5 Å². The van der Waals surface area contributed by atoms with Crippen molar-refractivity contribution in [2.24, 2.45) is 5.92 Å². The van der Waals surface area contributed by atoms with E-state index in [1.54, 1.807) is 0 Å². The van der Waals surface area contributed by atoms with Crippen LogP contribution in [0.3, 0.4) is 0 Å². The summed E-state index contributed by atoms with van der Waals surface area (Å²) in [4.78, 5) is 2.58. The summed E-state index contributed by atoms with van der Waals surface area (Å²) < 4.78 is 5.65. The molecule has 0 spiro atoms. The van der Waals surface area contributed by atoms with Crippen LogP contribution in [0.2, 0.25) is 0 Å². The van der Waals surface area contributed by atoms with Crippen molar-refractivity contribution in [1.82, 2.24) is 10.2 Å². The summed E-state index contributed by atoms with van der Waals surface area (Å²) in [6.07, 6.45) is 1.31. The van der Waals surface area contributed by atoms with Crippen LogP contribution in [0.25, 0.3) is 0 Å². The maximum atomic E-state index is 5.65. The smallest absolute Gasteiger partial charge is 0.105 e. The Balaban J connectivity index is 1.94. The first-order valence-corrected chi connectivity index (χ1v) is 7.13. The Labute approximate surface area is 111 Å². The van der Waals surface area contributed by atoms with Crippen molar-refractivity contribution in [2.75, 3.05) is 26.2 Å². The summed E-state index contributed by atoms with van der Waals surface area (Å²) in [5.41, 5.74) is 1.36. The highest BCUT2D eigenvalue weighted by molar-refractivity contribution is 5.23. The van der Waals surface area contributed by atoms with Crippen LogP contribution in [-0.2, 0) is 0 Å². The van der Waals surface area contributed by atoms with Crippen LogP contribution in [0.5, 0.6) is 0 Å². The van der Waals surface area contributed by atoms with Crippen molar-refractivity contribution in [3.8, 4) is 0 Å². The van der Waals surface area contributed by atoms with Crippen molar-refractivity contribution in [2.45, 2.75) is 40.2 Å². The molecule has 0 bridgehead atoms. The summed E-state index contributed by atoms with van der Waals surface area (Å²) in [5, 5.41) is 3.46. The predicted octanol–water partition coefficient (Wildman–Crippen LogP) is 2.89. The van der Waals surface area contributed by atoms with Gasteiger partial charge >= 0.3 is 0 Å². The van der Waals surface area contributed by atoms with E-state index in [1.807, 2.05) is 6.92 Å². The van der Waals surface area contributed by atoms with Crippen LogP contribution in [0.15, 0.2) is 10.5 Å². The van der Waals surface area contributed by atoms with Crippen molar-refractivity contribution in [1.29, 1.82) is 0 Å². The maximum Gasteiger partial charge on any atom is 0.105 e. The van der Waals surface area contributed by atoms with Crippen molar-refractivity contribution in [3.05, 3.63) is 23.2 Å². The zero-order valence-electron chi connectivity index (χ0n) is 12.1. The molecule has 2 unspecified atom stereocenters. The lowest BCUT2D eigenvalue weighted by molar-refractivity contribution is 0.249. The van der Waals surface area contributed by atoms with Gasteiger partial charge in [0, 0.05) is 18.2 Å². The molecule has 0 radical (unpaired) electrons. The van der Waals surface area contributed by atoms with Gasteiger partial charge in [0.2, 0.25) is 0 Å². The number of likely N-dealkylation sites (tertiary alicyclic amines) is 1. The fourth-order valence-corrected chi connectivity index (χ4v) is 2.99. The number of hydrogen-bond acceptors (Lipinski definition) is 3. The fraction of sp³-hybridized carbons (Fsp3) is 0.733. The van der Waals surface area contributed by atoms with Gasteiger partial charge in [-0.3, -0.25) is 4.90 Å². The third-order valence-electron chi connectivity index (χ3n) is 4.08. The quantitative estimate of drug-likeness (QED) is 0.871. The average molecular weight is 250 g/mol. The maximum absolute atomic E-state index is 5.65. The van der Waals surface area contributed by atoms with E-state index in [2.05, 4.69) is 37.1 Å². The molecule has 1 saturated heterocycles. The third-order valence-corrected chi connectivity index (χ3v) is 4.08. The number of nitrogens with zero attached hydrogens (tertiary/aromatic N) is 1. The molecular weight excluding hydrogens is 224 g/mol. The molecular formula is C15H26N2O. The van der Waals surface area contributed by atoms with Gasteiger partial charge in [0.05, 0.1) is 0 Å². The van der Waals surface area contributed by atoms with Crippen LogP contribution in [-0.4, -0.2) is 31.1 Å². The van der Waals surface area contributed by atoms with Gasteiger partial charge in [0.25, 0.3) is 0 Å². The van der Waals surface area contributed by atoms with E-state index in [0.717, 1.165) is 30.5 Å². The van der Waals surface area contributed by atoms with E-state index >= 15 is 0 Å². The highest BCUT2D eigenvalue weighted by atomic mass is 16.3. The zero-order chi connectivity index (χ0) is 13.1. The first-order chi connectivity index (χ1) is 8.61. The molecule has 1 N–H and O–H groups in total. The average Bonchev–Trinajstić information content (AvgIpc) is 2.92. The van der Waals surface area contributed by atoms with Gasteiger partial charge in [-0.05, 0) is 58.8 Å². The molecule has 2 atom stereocenters. The zero-order valence-corrected chi connectivity index (χ0v) is 12.1. The lowest BCUT2D eigenvalue weighted by Gasteiger charge is -2.24. The van der Waals surface area contributed by atoms with Crippen LogP contribution < -0.4 is 5.32 Å². The Kier molecular flexibility index (Phi) is 4.46. The van der Waals surface area contributed by atoms with Gasteiger partial charge in [-0.15, -0.1) is 0 Å². The Morgan fingerprint density at radius 2 is 2.28 bits per heavy atom. The molecule has 2 heterocycles. The molecule has 0 aromatic carbocycles. The number of aryl methyl sites for hydroxylation is 2. The molecule has 0 saturated carbocycles.